The van der Waals surface area contributed by atoms with Crippen LogP contribution in [-0.4, -0.2) is 73.8 Å². The predicted octanol–water partition coefficient (Wildman–Crippen LogP) is 2.41. The zero-order valence-electron chi connectivity index (χ0n) is 18.5. The molecule has 1 aromatic heterocycles. The fourth-order valence-electron chi connectivity index (χ4n) is 4.26. The van der Waals surface area contributed by atoms with E-state index < -0.39 is 10.0 Å². The van der Waals surface area contributed by atoms with Gasteiger partial charge >= 0.3 is 0 Å². The monoisotopic (exact) mass is 457 g/mol. The van der Waals surface area contributed by atoms with Crippen LogP contribution in [0, 0.1) is 0 Å². The van der Waals surface area contributed by atoms with Gasteiger partial charge in [0.15, 0.2) is 0 Å². The Morgan fingerprint density at radius 2 is 1.62 bits per heavy atom. The predicted molar refractivity (Wildman–Crippen MR) is 125 cm³/mol. The summed E-state index contributed by atoms with van der Waals surface area (Å²) in [6, 6.07) is 12.1. The van der Waals surface area contributed by atoms with Crippen LogP contribution in [0.5, 0.6) is 0 Å². The number of anilines is 2. The van der Waals surface area contributed by atoms with E-state index >= 15 is 0 Å². The summed E-state index contributed by atoms with van der Waals surface area (Å²) in [5.74, 6) is 0.867. The minimum atomic E-state index is -3.47. The molecule has 0 bridgehead atoms. The zero-order valence-corrected chi connectivity index (χ0v) is 19.3. The number of pyridine rings is 1. The van der Waals surface area contributed by atoms with Crippen molar-refractivity contribution in [1.82, 2.24) is 14.2 Å². The molecule has 3 heterocycles. The number of hydrogen-bond acceptors (Lipinski definition) is 6. The summed E-state index contributed by atoms with van der Waals surface area (Å²) < 4.78 is 27.1. The Kier molecular flexibility index (Phi) is 7.07. The molecule has 2 aromatic rings. The number of carbonyl (C=O) groups excluding carboxylic acids is 1. The summed E-state index contributed by atoms with van der Waals surface area (Å²) in [5.41, 5.74) is 0.603. The highest BCUT2D eigenvalue weighted by Crippen LogP contribution is 2.22. The van der Waals surface area contributed by atoms with Crippen LogP contribution in [0.25, 0.3) is 0 Å². The van der Waals surface area contributed by atoms with E-state index in [4.69, 9.17) is 0 Å². The number of piperazine rings is 1. The van der Waals surface area contributed by atoms with E-state index in [1.807, 2.05) is 25.1 Å². The van der Waals surface area contributed by atoms with Crippen LogP contribution in [0.15, 0.2) is 53.6 Å². The number of nitrogens with one attached hydrogen (secondary N) is 1. The van der Waals surface area contributed by atoms with Gasteiger partial charge in [-0.05, 0) is 56.2 Å². The zero-order chi connectivity index (χ0) is 22.6. The molecule has 32 heavy (non-hydrogen) atoms. The van der Waals surface area contributed by atoms with Crippen molar-refractivity contribution in [3.63, 3.8) is 0 Å². The van der Waals surface area contributed by atoms with Crippen LogP contribution in [0.2, 0.25) is 0 Å². The molecule has 4 rings (SSSR count). The van der Waals surface area contributed by atoms with Gasteiger partial charge in [0.25, 0.3) is 0 Å². The molecule has 8 nitrogen and oxygen atoms in total. The summed E-state index contributed by atoms with van der Waals surface area (Å²) >= 11 is 0. The number of rotatable bonds is 6. The minimum Gasteiger partial charge on any atom is -0.354 e. The molecule has 1 atom stereocenters. The topological polar surface area (TPSA) is 85.8 Å². The van der Waals surface area contributed by atoms with Crippen molar-refractivity contribution in [2.45, 2.75) is 37.1 Å². The number of aromatic nitrogens is 1. The van der Waals surface area contributed by atoms with E-state index in [1.165, 1.54) is 0 Å². The van der Waals surface area contributed by atoms with Crippen molar-refractivity contribution < 1.29 is 13.2 Å². The second-order valence-electron chi connectivity index (χ2n) is 8.37. The molecule has 172 valence electrons. The lowest BCUT2D eigenvalue weighted by Crippen LogP contribution is -2.53. The molecule has 2 saturated heterocycles. The van der Waals surface area contributed by atoms with E-state index in [1.54, 1.807) is 34.8 Å². The van der Waals surface area contributed by atoms with Crippen molar-refractivity contribution in [3.8, 4) is 0 Å². The average Bonchev–Trinajstić information content (AvgIpc) is 2.85. The van der Waals surface area contributed by atoms with E-state index in [2.05, 4.69) is 20.1 Å². The first-order chi connectivity index (χ1) is 15.4. The average molecular weight is 458 g/mol. The van der Waals surface area contributed by atoms with Crippen LogP contribution in [0.1, 0.15) is 26.2 Å². The van der Waals surface area contributed by atoms with Crippen molar-refractivity contribution in [3.05, 3.63) is 48.7 Å². The van der Waals surface area contributed by atoms with Gasteiger partial charge in [-0.15, -0.1) is 0 Å². The summed E-state index contributed by atoms with van der Waals surface area (Å²) in [6.07, 6.45) is 4.68. The van der Waals surface area contributed by atoms with Gasteiger partial charge in [0, 0.05) is 51.2 Å². The summed E-state index contributed by atoms with van der Waals surface area (Å²) in [4.78, 5) is 21.8. The number of sulfonamides is 1. The molecule has 2 aliphatic rings. The maximum absolute atomic E-state index is 12.8. The Morgan fingerprint density at radius 1 is 0.938 bits per heavy atom. The minimum absolute atomic E-state index is 0.0945. The second kappa shape index (κ2) is 9.97. The third kappa shape index (κ3) is 5.11. The van der Waals surface area contributed by atoms with Crippen molar-refractivity contribution >= 4 is 27.4 Å². The highest BCUT2D eigenvalue weighted by molar-refractivity contribution is 7.89. The summed E-state index contributed by atoms with van der Waals surface area (Å²) in [5, 5.41) is 2.93. The third-order valence-corrected chi connectivity index (χ3v) is 8.20. The Labute approximate surface area is 190 Å². The van der Waals surface area contributed by atoms with Gasteiger partial charge in [-0.25, -0.2) is 13.4 Å². The second-order valence-corrected chi connectivity index (χ2v) is 10.3. The molecule has 1 amide bonds. The Bertz CT molecular complexity index is 1000. The van der Waals surface area contributed by atoms with Crippen LogP contribution < -0.4 is 10.2 Å². The van der Waals surface area contributed by atoms with E-state index in [-0.39, 0.29) is 16.8 Å². The van der Waals surface area contributed by atoms with Gasteiger partial charge in [0.1, 0.15) is 5.82 Å². The van der Waals surface area contributed by atoms with Gasteiger partial charge in [-0.2, -0.15) is 4.31 Å². The smallest absolute Gasteiger partial charge is 0.243 e. The molecule has 2 aliphatic heterocycles. The lowest BCUT2D eigenvalue weighted by atomic mass is 10.2. The van der Waals surface area contributed by atoms with Crippen LogP contribution in [0.3, 0.4) is 0 Å². The van der Waals surface area contributed by atoms with Crippen molar-refractivity contribution in [2.24, 2.45) is 0 Å². The fourth-order valence-corrected chi connectivity index (χ4v) is 5.77. The molecule has 2 fully saturated rings. The fraction of sp³-hybridized carbons (Fsp3) is 0.478. The van der Waals surface area contributed by atoms with Gasteiger partial charge in [-0.1, -0.05) is 12.5 Å². The lowest BCUT2D eigenvalue weighted by molar-refractivity contribution is -0.120. The van der Waals surface area contributed by atoms with Crippen molar-refractivity contribution in [1.29, 1.82) is 0 Å². The number of benzene rings is 1. The first-order valence-electron chi connectivity index (χ1n) is 11.3. The molecule has 1 aromatic carbocycles. The molecular weight excluding hydrogens is 426 g/mol. The van der Waals surface area contributed by atoms with Crippen molar-refractivity contribution in [2.75, 3.05) is 49.5 Å². The number of hydrogen-bond donors (Lipinski definition) is 1. The van der Waals surface area contributed by atoms with Crippen LogP contribution in [0.4, 0.5) is 11.5 Å². The quantitative estimate of drug-likeness (QED) is 0.717. The largest absolute Gasteiger partial charge is 0.354 e. The SMILES string of the molecule is C[C@@H](C(=O)Nc1ccc(S(=O)(=O)N2CCCCC2)cc1)N1CCN(c2ccccn2)CC1. The molecule has 0 saturated carbocycles. The number of carbonyl (C=O) groups is 1. The molecule has 1 N–H and O–H groups in total. The molecule has 0 aliphatic carbocycles. The van der Waals surface area contributed by atoms with Crippen LogP contribution in [-0.2, 0) is 14.8 Å². The highest BCUT2D eigenvalue weighted by atomic mass is 32.2. The molecule has 0 radical (unpaired) electrons. The summed E-state index contributed by atoms with van der Waals surface area (Å²) in [6.45, 7) is 6.24. The number of amides is 1. The molecular formula is C23H31N5O3S. The van der Waals surface area contributed by atoms with E-state index in [0.29, 0.717) is 18.8 Å². The highest BCUT2D eigenvalue weighted by Gasteiger charge is 2.27. The van der Waals surface area contributed by atoms with Gasteiger partial charge in [0.2, 0.25) is 15.9 Å². The first-order valence-corrected chi connectivity index (χ1v) is 12.7. The summed E-state index contributed by atoms with van der Waals surface area (Å²) in [7, 11) is -3.47. The Morgan fingerprint density at radius 3 is 2.25 bits per heavy atom. The van der Waals surface area contributed by atoms with E-state index in [0.717, 1.165) is 51.3 Å². The van der Waals surface area contributed by atoms with E-state index in [9.17, 15) is 13.2 Å². The normalized spacial score (nSPS) is 19.5. The van der Waals surface area contributed by atoms with Crippen LogP contribution >= 0.6 is 0 Å². The molecule has 0 unspecified atom stereocenters. The molecule has 0 spiro atoms. The van der Waals surface area contributed by atoms with Gasteiger partial charge in [0.05, 0.1) is 10.9 Å². The standard InChI is InChI=1S/C23H31N5O3S/c1-19(26-15-17-27(18-16-26)22-7-3-4-12-24-22)23(29)25-20-8-10-21(11-9-20)32(30,31)28-13-5-2-6-14-28/h3-4,7-12,19H,2,5-6,13-18H2,1H3,(H,25,29)/t19-/m0/s1. The number of nitrogens with zero attached hydrogens (tertiary/aromatic N) is 4. The maximum Gasteiger partial charge on any atom is 0.243 e. The Hall–Kier alpha value is -2.49. The number of piperidine rings is 1. The third-order valence-electron chi connectivity index (χ3n) is 6.29. The van der Waals surface area contributed by atoms with Gasteiger partial charge in [-0.3, -0.25) is 9.69 Å². The van der Waals surface area contributed by atoms with Gasteiger partial charge < -0.3 is 10.2 Å². The maximum atomic E-state index is 12.8. The molecule has 9 heteroatoms. The lowest BCUT2D eigenvalue weighted by Gasteiger charge is -2.37. The first kappa shape index (κ1) is 22.7. The Balaban J connectivity index is 1.32.